The highest BCUT2D eigenvalue weighted by atomic mass is 19.1. The van der Waals surface area contributed by atoms with Gasteiger partial charge in [0.15, 0.2) is 0 Å². The fourth-order valence-corrected chi connectivity index (χ4v) is 3.81. The fourth-order valence-electron chi connectivity index (χ4n) is 3.81. The molecule has 2 aromatic rings. The van der Waals surface area contributed by atoms with Crippen molar-refractivity contribution in [3.63, 3.8) is 0 Å². The van der Waals surface area contributed by atoms with Crippen LogP contribution in [-0.4, -0.2) is 46.3 Å². The highest BCUT2D eigenvalue weighted by molar-refractivity contribution is 5.94. The number of hydrogen-bond acceptors (Lipinski definition) is 4. The second-order valence-corrected chi connectivity index (χ2v) is 7.18. The molecule has 0 N–H and O–H groups in total. The maximum Gasteiger partial charge on any atom is 0.314 e. The third-order valence-electron chi connectivity index (χ3n) is 5.26. The third kappa shape index (κ3) is 4.08. The van der Waals surface area contributed by atoms with Crippen molar-refractivity contribution in [2.45, 2.75) is 39.7 Å². The zero-order valence-electron chi connectivity index (χ0n) is 16.4. The number of likely N-dealkylation sites (tertiary alicyclic amines) is 1. The van der Waals surface area contributed by atoms with Crippen molar-refractivity contribution in [3.8, 4) is 0 Å². The van der Waals surface area contributed by atoms with Gasteiger partial charge in [-0.05, 0) is 44.7 Å². The Hall–Kier alpha value is -2.70. The van der Waals surface area contributed by atoms with E-state index in [-0.39, 0.29) is 37.3 Å². The van der Waals surface area contributed by atoms with Crippen LogP contribution in [0.3, 0.4) is 0 Å². The number of carbonyl (C=O) groups is 2. The zero-order chi connectivity index (χ0) is 20.1. The minimum atomic E-state index is -0.952. The smallest absolute Gasteiger partial charge is 0.314 e. The fraction of sp³-hybridized carbons (Fsp3) is 0.476. The lowest BCUT2D eigenvalue weighted by atomic mass is 9.74. The van der Waals surface area contributed by atoms with E-state index in [0.717, 1.165) is 0 Å². The molecule has 1 aliphatic rings. The Kier molecular flexibility index (Phi) is 6.11. The number of aromatic nitrogens is 2. The summed E-state index contributed by atoms with van der Waals surface area (Å²) >= 11 is 0. The number of carbonyl (C=O) groups excluding carboxylic acids is 2. The molecule has 1 saturated heterocycles. The second kappa shape index (κ2) is 8.54. The topological polar surface area (TPSA) is 64.4 Å². The van der Waals surface area contributed by atoms with Gasteiger partial charge in [-0.15, -0.1) is 0 Å². The average Bonchev–Trinajstić information content (AvgIpc) is 3.19. The monoisotopic (exact) mass is 387 g/mol. The molecule has 0 radical (unpaired) electrons. The number of amides is 1. The van der Waals surface area contributed by atoms with Crippen molar-refractivity contribution < 1.29 is 18.7 Å². The average molecular weight is 387 g/mol. The number of rotatable bonds is 6. The Bertz CT molecular complexity index is 851. The minimum Gasteiger partial charge on any atom is -0.466 e. The molecule has 1 amide bonds. The molecule has 0 aliphatic carbocycles. The van der Waals surface area contributed by atoms with Crippen LogP contribution >= 0.6 is 0 Å². The van der Waals surface area contributed by atoms with E-state index in [4.69, 9.17) is 4.74 Å². The van der Waals surface area contributed by atoms with Crippen molar-refractivity contribution in [1.29, 1.82) is 0 Å². The highest BCUT2D eigenvalue weighted by Gasteiger charge is 2.45. The maximum atomic E-state index is 14.3. The van der Waals surface area contributed by atoms with Crippen molar-refractivity contribution in [2.75, 3.05) is 19.7 Å². The number of benzene rings is 1. The van der Waals surface area contributed by atoms with E-state index in [1.54, 1.807) is 47.1 Å². The van der Waals surface area contributed by atoms with E-state index in [0.29, 0.717) is 37.1 Å². The van der Waals surface area contributed by atoms with Gasteiger partial charge in [-0.25, -0.2) is 4.39 Å². The predicted octanol–water partition coefficient (Wildman–Crippen LogP) is 3.07. The van der Waals surface area contributed by atoms with Gasteiger partial charge in [0.1, 0.15) is 5.82 Å². The van der Waals surface area contributed by atoms with Gasteiger partial charge in [-0.1, -0.05) is 18.2 Å². The van der Waals surface area contributed by atoms with E-state index >= 15 is 0 Å². The lowest BCUT2D eigenvalue weighted by Gasteiger charge is -2.41. The molecular formula is C21H26FN3O3. The van der Waals surface area contributed by atoms with Crippen LogP contribution in [0.5, 0.6) is 0 Å². The number of ether oxygens (including phenoxy) is 1. The zero-order valence-corrected chi connectivity index (χ0v) is 16.4. The number of halogens is 1. The van der Waals surface area contributed by atoms with Crippen LogP contribution in [-0.2, 0) is 22.5 Å². The number of aryl methyl sites for hydroxylation is 1. The van der Waals surface area contributed by atoms with Gasteiger partial charge >= 0.3 is 5.97 Å². The van der Waals surface area contributed by atoms with E-state index in [9.17, 15) is 14.0 Å². The summed E-state index contributed by atoms with van der Waals surface area (Å²) in [6, 6.07) is 6.45. The maximum absolute atomic E-state index is 14.3. The van der Waals surface area contributed by atoms with Gasteiger partial charge in [0.2, 0.25) is 0 Å². The van der Waals surface area contributed by atoms with Crippen molar-refractivity contribution in [1.82, 2.24) is 14.7 Å². The Morgan fingerprint density at radius 1 is 1.29 bits per heavy atom. The molecule has 1 atom stereocenters. The number of hydrogen-bond donors (Lipinski definition) is 0. The third-order valence-corrected chi connectivity index (χ3v) is 5.26. The molecule has 1 aromatic carbocycles. The molecule has 28 heavy (non-hydrogen) atoms. The summed E-state index contributed by atoms with van der Waals surface area (Å²) < 4.78 is 21.3. The molecule has 3 rings (SSSR count). The van der Waals surface area contributed by atoms with Crippen LogP contribution in [0.1, 0.15) is 42.6 Å². The summed E-state index contributed by atoms with van der Waals surface area (Å²) in [4.78, 5) is 27.5. The van der Waals surface area contributed by atoms with Crippen LogP contribution in [0.15, 0.2) is 36.7 Å². The lowest BCUT2D eigenvalue weighted by Crippen LogP contribution is -2.51. The van der Waals surface area contributed by atoms with Gasteiger partial charge in [-0.2, -0.15) is 5.10 Å². The molecule has 7 heteroatoms. The highest BCUT2D eigenvalue weighted by Crippen LogP contribution is 2.36. The second-order valence-electron chi connectivity index (χ2n) is 7.18. The van der Waals surface area contributed by atoms with Gasteiger partial charge in [0.25, 0.3) is 5.91 Å². The Morgan fingerprint density at radius 2 is 2.07 bits per heavy atom. The standard InChI is InChI=1S/C21H26FN3O3/c1-3-25-14-17(13-23-25)19(26)24-11-7-10-21(15-24,20(27)28-4-2)12-16-8-5-6-9-18(16)22/h5-6,8-9,13-14H,3-4,7,10-12,15H2,1-2H3/t21-/m1/s1. The first-order chi connectivity index (χ1) is 13.5. The van der Waals surface area contributed by atoms with Crippen LogP contribution in [0.4, 0.5) is 4.39 Å². The van der Waals surface area contributed by atoms with Crippen LogP contribution < -0.4 is 0 Å². The molecule has 0 spiro atoms. The van der Waals surface area contributed by atoms with E-state index < -0.39 is 5.41 Å². The first-order valence-corrected chi connectivity index (χ1v) is 9.71. The quantitative estimate of drug-likeness (QED) is 0.715. The van der Waals surface area contributed by atoms with E-state index in [1.807, 2.05) is 6.92 Å². The molecule has 1 aliphatic heterocycles. The van der Waals surface area contributed by atoms with Gasteiger partial charge in [-0.3, -0.25) is 14.3 Å². The molecule has 0 unspecified atom stereocenters. The summed E-state index contributed by atoms with van der Waals surface area (Å²) in [5, 5.41) is 4.16. The first-order valence-electron chi connectivity index (χ1n) is 9.71. The predicted molar refractivity (Wildman–Crippen MR) is 102 cm³/mol. The SMILES string of the molecule is CCOC(=O)[C@@]1(Cc2ccccc2F)CCCN(C(=O)c2cnn(CC)c2)C1. The van der Waals surface area contributed by atoms with Crippen molar-refractivity contribution in [3.05, 3.63) is 53.6 Å². The lowest BCUT2D eigenvalue weighted by molar-refractivity contribution is -0.158. The molecule has 0 bridgehead atoms. The molecular weight excluding hydrogens is 361 g/mol. The molecule has 150 valence electrons. The molecule has 6 nitrogen and oxygen atoms in total. The normalized spacial score (nSPS) is 19.5. The number of esters is 1. The number of nitrogens with zero attached hydrogens (tertiary/aromatic N) is 3. The largest absolute Gasteiger partial charge is 0.466 e. The number of piperidine rings is 1. The summed E-state index contributed by atoms with van der Waals surface area (Å²) in [7, 11) is 0. The summed E-state index contributed by atoms with van der Waals surface area (Å²) in [6.45, 7) is 5.37. The van der Waals surface area contributed by atoms with Gasteiger partial charge in [0.05, 0.1) is 23.8 Å². The van der Waals surface area contributed by atoms with Gasteiger partial charge < -0.3 is 9.64 Å². The Labute approximate surface area is 164 Å². The Balaban J connectivity index is 1.87. The van der Waals surface area contributed by atoms with Crippen molar-refractivity contribution >= 4 is 11.9 Å². The molecule has 2 heterocycles. The minimum absolute atomic E-state index is 0.165. The molecule has 1 fully saturated rings. The van der Waals surface area contributed by atoms with Crippen LogP contribution in [0.2, 0.25) is 0 Å². The Morgan fingerprint density at radius 3 is 2.75 bits per heavy atom. The van der Waals surface area contributed by atoms with Crippen molar-refractivity contribution in [2.24, 2.45) is 5.41 Å². The summed E-state index contributed by atoms with van der Waals surface area (Å²) in [6.07, 6.45) is 4.67. The molecule has 0 saturated carbocycles. The first kappa shape index (κ1) is 20.0. The van der Waals surface area contributed by atoms with E-state index in [2.05, 4.69) is 5.10 Å². The van der Waals surface area contributed by atoms with E-state index in [1.165, 1.54) is 6.07 Å². The van der Waals surface area contributed by atoms with Gasteiger partial charge in [0, 0.05) is 25.8 Å². The summed E-state index contributed by atoms with van der Waals surface area (Å²) in [5.74, 6) is -0.888. The van der Waals surface area contributed by atoms with Crippen LogP contribution in [0.25, 0.3) is 0 Å². The summed E-state index contributed by atoms with van der Waals surface area (Å²) in [5.41, 5.74) is 0.00316. The van der Waals surface area contributed by atoms with Crippen LogP contribution in [0, 0.1) is 11.2 Å². The molecule has 1 aromatic heterocycles.